The molecule has 5 rings (SSSR count). The van der Waals surface area contributed by atoms with Crippen LogP contribution in [0.15, 0.2) is 104 Å². The van der Waals surface area contributed by atoms with Crippen molar-refractivity contribution in [2.24, 2.45) is 0 Å². The zero-order valence-corrected chi connectivity index (χ0v) is 17.2. The second kappa shape index (κ2) is 8.73. The lowest BCUT2D eigenvalue weighted by Gasteiger charge is -2.12. The molecule has 0 saturated heterocycles. The summed E-state index contributed by atoms with van der Waals surface area (Å²) < 4.78 is 7.74. The van der Waals surface area contributed by atoms with Gasteiger partial charge < -0.3 is 10.1 Å². The van der Waals surface area contributed by atoms with Crippen molar-refractivity contribution in [2.75, 3.05) is 5.32 Å². The standard InChI is InChI=1S/C26H20N4O2/c31-26(22-11-5-4-8-19(22)17-32-21-9-2-1-3-10-21)29-20-14-15-25(27-16-20)30-18-28-23-12-6-7-13-24(23)30/h1-16,18H,17H2,(H,29,31). The van der Waals surface area contributed by atoms with Gasteiger partial charge in [0, 0.05) is 11.1 Å². The van der Waals surface area contributed by atoms with Crippen LogP contribution in [0.3, 0.4) is 0 Å². The van der Waals surface area contributed by atoms with Gasteiger partial charge in [-0.3, -0.25) is 9.36 Å². The summed E-state index contributed by atoms with van der Waals surface area (Å²) in [5.74, 6) is 1.28. The average Bonchev–Trinajstić information content (AvgIpc) is 3.28. The first-order valence-electron chi connectivity index (χ1n) is 10.2. The van der Waals surface area contributed by atoms with E-state index < -0.39 is 0 Å². The number of pyridine rings is 1. The molecule has 0 aliphatic heterocycles. The van der Waals surface area contributed by atoms with Crippen LogP contribution in [0.1, 0.15) is 15.9 Å². The fraction of sp³-hybridized carbons (Fsp3) is 0.0385. The Labute approximate surface area is 185 Å². The lowest BCUT2D eigenvalue weighted by atomic mass is 10.1. The van der Waals surface area contributed by atoms with Gasteiger partial charge in [0.15, 0.2) is 0 Å². The van der Waals surface area contributed by atoms with Crippen LogP contribution in [0, 0.1) is 0 Å². The summed E-state index contributed by atoms with van der Waals surface area (Å²) >= 11 is 0. The number of nitrogens with one attached hydrogen (secondary N) is 1. The van der Waals surface area contributed by atoms with E-state index in [1.54, 1.807) is 18.6 Å². The van der Waals surface area contributed by atoms with Crippen LogP contribution in [0.4, 0.5) is 5.69 Å². The van der Waals surface area contributed by atoms with Gasteiger partial charge in [-0.1, -0.05) is 48.5 Å². The zero-order valence-electron chi connectivity index (χ0n) is 17.2. The minimum Gasteiger partial charge on any atom is -0.489 e. The van der Waals surface area contributed by atoms with Crippen molar-refractivity contribution in [1.82, 2.24) is 14.5 Å². The zero-order chi connectivity index (χ0) is 21.8. The third-order valence-corrected chi connectivity index (χ3v) is 5.11. The van der Waals surface area contributed by atoms with Crippen LogP contribution in [0.5, 0.6) is 5.75 Å². The van der Waals surface area contributed by atoms with Crippen molar-refractivity contribution in [3.05, 3.63) is 115 Å². The van der Waals surface area contributed by atoms with Crippen LogP contribution in [-0.2, 0) is 6.61 Å². The molecule has 0 aliphatic rings. The lowest BCUT2D eigenvalue weighted by molar-refractivity contribution is 0.102. The molecule has 156 valence electrons. The number of aromatic nitrogens is 3. The smallest absolute Gasteiger partial charge is 0.256 e. The maximum atomic E-state index is 12.9. The number of amides is 1. The highest BCUT2D eigenvalue weighted by atomic mass is 16.5. The molecule has 6 heteroatoms. The van der Waals surface area contributed by atoms with E-state index in [1.165, 1.54) is 0 Å². The molecule has 5 aromatic rings. The highest BCUT2D eigenvalue weighted by Gasteiger charge is 2.12. The first kappa shape index (κ1) is 19.5. The van der Waals surface area contributed by atoms with Gasteiger partial charge in [0.2, 0.25) is 0 Å². The third kappa shape index (κ3) is 4.06. The Morgan fingerprint density at radius 2 is 1.62 bits per heavy atom. The SMILES string of the molecule is O=C(Nc1ccc(-n2cnc3ccccc32)nc1)c1ccccc1COc1ccccc1. The van der Waals surface area contributed by atoms with E-state index in [-0.39, 0.29) is 5.91 Å². The van der Waals surface area contributed by atoms with Crippen molar-refractivity contribution < 1.29 is 9.53 Å². The van der Waals surface area contributed by atoms with Crippen molar-refractivity contribution in [3.8, 4) is 11.6 Å². The van der Waals surface area contributed by atoms with E-state index in [2.05, 4.69) is 15.3 Å². The summed E-state index contributed by atoms with van der Waals surface area (Å²) in [6.07, 6.45) is 3.39. The van der Waals surface area contributed by atoms with Gasteiger partial charge >= 0.3 is 0 Å². The van der Waals surface area contributed by atoms with E-state index in [4.69, 9.17) is 4.74 Å². The number of rotatable bonds is 6. The van der Waals surface area contributed by atoms with Crippen molar-refractivity contribution >= 4 is 22.6 Å². The number of carbonyl (C=O) groups is 1. The van der Waals surface area contributed by atoms with Gasteiger partial charge in [0.25, 0.3) is 5.91 Å². The first-order valence-corrected chi connectivity index (χ1v) is 10.2. The maximum Gasteiger partial charge on any atom is 0.256 e. The van der Waals surface area contributed by atoms with Gasteiger partial charge in [-0.25, -0.2) is 9.97 Å². The number of hydrogen-bond donors (Lipinski definition) is 1. The van der Waals surface area contributed by atoms with Crippen LogP contribution < -0.4 is 10.1 Å². The maximum absolute atomic E-state index is 12.9. The first-order chi connectivity index (χ1) is 15.8. The molecule has 0 atom stereocenters. The van der Waals surface area contributed by atoms with Gasteiger partial charge in [0.1, 0.15) is 24.5 Å². The van der Waals surface area contributed by atoms with Crippen LogP contribution in [-0.4, -0.2) is 20.4 Å². The minimum absolute atomic E-state index is 0.208. The molecule has 32 heavy (non-hydrogen) atoms. The molecule has 3 aromatic carbocycles. The fourth-order valence-corrected chi connectivity index (χ4v) is 3.49. The topological polar surface area (TPSA) is 69.0 Å². The number of hydrogen-bond acceptors (Lipinski definition) is 4. The molecule has 1 N–H and O–H groups in total. The van der Waals surface area contributed by atoms with E-state index >= 15 is 0 Å². The Balaban J connectivity index is 1.31. The Morgan fingerprint density at radius 3 is 2.47 bits per heavy atom. The van der Waals surface area contributed by atoms with Gasteiger partial charge in [0.05, 0.1) is 22.9 Å². The van der Waals surface area contributed by atoms with E-state index in [0.29, 0.717) is 17.9 Å². The molecule has 2 heterocycles. The Bertz CT molecular complexity index is 1360. The summed E-state index contributed by atoms with van der Waals surface area (Å²) in [7, 11) is 0. The number of benzene rings is 3. The Kier molecular flexibility index (Phi) is 5.32. The largest absolute Gasteiger partial charge is 0.489 e. The van der Waals surface area contributed by atoms with E-state index in [0.717, 1.165) is 28.2 Å². The highest BCUT2D eigenvalue weighted by Crippen LogP contribution is 2.19. The van der Waals surface area contributed by atoms with Crippen molar-refractivity contribution in [1.29, 1.82) is 0 Å². The highest BCUT2D eigenvalue weighted by molar-refractivity contribution is 6.05. The molecule has 0 radical (unpaired) electrons. The van der Waals surface area contributed by atoms with Gasteiger partial charge in [-0.05, 0) is 42.5 Å². The number of ether oxygens (including phenoxy) is 1. The molecular weight excluding hydrogens is 400 g/mol. The van der Waals surface area contributed by atoms with E-state index in [9.17, 15) is 4.79 Å². The second-order valence-electron chi connectivity index (χ2n) is 7.22. The molecule has 1 amide bonds. The number of para-hydroxylation sites is 3. The summed E-state index contributed by atoms with van der Waals surface area (Å²) in [4.78, 5) is 21.8. The average molecular weight is 420 g/mol. The normalized spacial score (nSPS) is 10.8. The quantitative estimate of drug-likeness (QED) is 0.407. The number of nitrogens with zero attached hydrogens (tertiary/aromatic N) is 3. The lowest BCUT2D eigenvalue weighted by Crippen LogP contribution is -2.15. The third-order valence-electron chi connectivity index (χ3n) is 5.11. The molecule has 6 nitrogen and oxygen atoms in total. The van der Waals surface area contributed by atoms with Crippen LogP contribution >= 0.6 is 0 Å². The van der Waals surface area contributed by atoms with Crippen molar-refractivity contribution in [2.45, 2.75) is 6.61 Å². The van der Waals surface area contributed by atoms with Gasteiger partial charge in [-0.2, -0.15) is 0 Å². The second-order valence-corrected chi connectivity index (χ2v) is 7.22. The Hall–Kier alpha value is -4.45. The molecule has 0 fully saturated rings. The summed E-state index contributed by atoms with van der Waals surface area (Å²) in [5, 5.41) is 2.92. The molecule has 0 saturated carbocycles. The summed E-state index contributed by atoms with van der Waals surface area (Å²) in [6.45, 7) is 0.304. The number of fused-ring (bicyclic) bond motifs is 1. The van der Waals surface area contributed by atoms with Gasteiger partial charge in [-0.15, -0.1) is 0 Å². The summed E-state index contributed by atoms with van der Waals surface area (Å²) in [6, 6.07) is 28.5. The number of carbonyl (C=O) groups excluding carboxylic acids is 1. The molecular formula is C26H20N4O2. The molecule has 2 aromatic heterocycles. The van der Waals surface area contributed by atoms with Crippen LogP contribution in [0.25, 0.3) is 16.9 Å². The predicted octanol–water partition coefficient (Wildman–Crippen LogP) is 5.25. The van der Waals surface area contributed by atoms with E-state index in [1.807, 2.05) is 89.5 Å². The number of anilines is 1. The molecule has 0 unspecified atom stereocenters. The predicted molar refractivity (Wildman–Crippen MR) is 124 cm³/mol. The van der Waals surface area contributed by atoms with Crippen LogP contribution in [0.2, 0.25) is 0 Å². The molecule has 0 spiro atoms. The minimum atomic E-state index is -0.208. The van der Waals surface area contributed by atoms with Crippen molar-refractivity contribution in [3.63, 3.8) is 0 Å². The molecule has 0 aliphatic carbocycles. The summed E-state index contributed by atoms with van der Waals surface area (Å²) in [5.41, 5.74) is 3.86. The molecule has 0 bridgehead atoms. The Morgan fingerprint density at radius 1 is 0.844 bits per heavy atom. The fourth-order valence-electron chi connectivity index (χ4n) is 3.49. The monoisotopic (exact) mass is 420 g/mol. The number of imidazole rings is 1.